The molecule has 2 aromatic heterocycles. The molecule has 0 unspecified atom stereocenters. The first kappa shape index (κ1) is 26.2. The summed E-state index contributed by atoms with van der Waals surface area (Å²) >= 11 is 0. The molecule has 0 radical (unpaired) electrons. The minimum absolute atomic E-state index is 0.0275. The lowest BCUT2D eigenvalue weighted by Gasteiger charge is -2.42. The maximum atomic E-state index is 14.0. The number of piperidine rings is 1. The molecule has 188 valence electrons. The number of nitrogens with zero attached hydrogens (tertiary/aromatic N) is 3. The highest BCUT2D eigenvalue weighted by Crippen LogP contribution is 2.29. The second kappa shape index (κ2) is 10.4. The Bertz CT molecular complexity index is 944. The number of aromatic nitrogens is 2. The smallest absolute Gasteiger partial charge is 0.259 e. The minimum Gasteiger partial charge on any atom is -0.467 e. The van der Waals surface area contributed by atoms with E-state index in [2.05, 4.69) is 50.2 Å². The fourth-order valence-corrected chi connectivity index (χ4v) is 4.26. The maximum absolute atomic E-state index is 14.0. The summed E-state index contributed by atoms with van der Waals surface area (Å²) in [7, 11) is 0. The average Bonchev–Trinajstić information content (AvgIpc) is 3.28. The third kappa shape index (κ3) is 6.57. The Morgan fingerprint density at radius 1 is 1.29 bits per heavy atom. The predicted octanol–water partition coefficient (Wildman–Crippen LogP) is 3.83. The van der Waals surface area contributed by atoms with Crippen LogP contribution in [0.2, 0.25) is 0 Å². The largest absolute Gasteiger partial charge is 0.467 e. The number of hydrogen-bond acceptors (Lipinski definition) is 7. The molecule has 1 aliphatic heterocycles. The molecule has 1 saturated heterocycles. The quantitative estimate of drug-likeness (QED) is 0.538. The number of amides is 1. The SMILES string of the molecule is CC(C)CN(C(=O)c1cnc(C(C)(C)C)nc1NCc1ccco1)[C@@H]1CNC[C@H](C(C)(C)O)C1. The lowest BCUT2D eigenvalue weighted by molar-refractivity contribution is -0.0111. The lowest BCUT2D eigenvalue weighted by atomic mass is 9.82. The van der Waals surface area contributed by atoms with Gasteiger partial charge in [-0.3, -0.25) is 4.79 Å². The van der Waals surface area contributed by atoms with E-state index in [1.807, 2.05) is 30.9 Å². The van der Waals surface area contributed by atoms with Gasteiger partial charge in [0.1, 0.15) is 23.0 Å². The summed E-state index contributed by atoms with van der Waals surface area (Å²) in [5.74, 6) is 2.20. The number of anilines is 1. The molecule has 3 rings (SSSR count). The summed E-state index contributed by atoms with van der Waals surface area (Å²) in [5, 5.41) is 17.3. The van der Waals surface area contributed by atoms with Gasteiger partial charge in [0.2, 0.25) is 0 Å². The number of aliphatic hydroxyl groups is 1. The van der Waals surface area contributed by atoms with E-state index >= 15 is 0 Å². The van der Waals surface area contributed by atoms with Gasteiger partial charge in [-0.15, -0.1) is 0 Å². The zero-order valence-corrected chi connectivity index (χ0v) is 21.7. The third-order valence-electron chi connectivity index (χ3n) is 6.29. The number of rotatable bonds is 8. The van der Waals surface area contributed by atoms with Crippen molar-refractivity contribution in [2.24, 2.45) is 11.8 Å². The molecule has 1 amide bonds. The molecule has 2 aromatic rings. The zero-order valence-electron chi connectivity index (χ0n) is 21.7. The molecule has 34 heavy (non-hydrogen) atoms. The van der Waals surface area contributed by atoms with E-state index in [1.54, 1.807) is 12.5 Å². The molecule has 8 nitrogen and oxygen atoms in total. The molecular weight excluding hydrogens is 430 g/mol. The Morgan fingerprint density at radius 3 is 2.62 bits per heavy atom. The third-order valence-corrected chi connectivity index (χ3v) is 6.29. The van der Waals surface area contributed by atoms with Gasteiger partial charge in [-0.1, -0.05) is 34.6 Å². The standard InChI is InChI=1S/C26H41N5O3/c1-17(2)16-31(19-11-18(12-27-13-19)26(6,7)33)23(32)21-15-29-24(25(3,4)5)30-22(21)28-14-20-9-8-10-34-20/h8-10,15,17-19,27,33H,11-14,16H2,1-7H3,(H,28,29,30)/t18-,19+/m1/s1. The van der Waals surface area contributed by atoms with E-state index in [-0.39, 0.29) is 23.3 Å². The van der Waals surface area contributed by atoms with Gasteiger partial charge in [-0.2, -0.15) is 0 Å². The van der Waals surface area contributed by atoms with Gasteiger partial charge in [0, 0.05) is 43.2 Å². The highest BCUT2D eigenvalue weighted by molar-refractivity contribution is 5.98. The first-order chi connectivity index (χ1) is 15.9. The number of carbonyl (C=O) groups is 1. The average molecular weight is 472 g/mol. The van der Waals surface area contributed by atoms with Crippen molar-refractivity contribution in [3.8, 4) is 0 Å². The summed E-state index contributed by atoms with van der Waals surface area (Å²) in [4.78, 5) is 25.2. The van der Waals surface area contributed by atoms with Crippen molar-refractivity contribution >= 4 is 11.7 Å². The summed E-state index contributed by atoms with van der Waals surface area (Å²) < 4.78 is 5.46. The van der Waals surface area contributed by atoms with Gasteiger partial charge < -0.3 is 25.1 Å². The van der Waals surface area contributed by atoms with E-state index in [4.69, 9.17) is 9.40 Å². The summed E-state index contributed by atoms with van der Waals surface area (Å²) in [6.45, 7) is 16.5. The maximum Gasteiger partial charge on any atom is 0.259 e. The molecule has 0 aliphatic carbocycles. The molecule has 1 aliphatic rings. The summed E-state index contributed by atoms with van der Waals surface area (Å²) in [6, 6.07) is 3.69. The molecule has 0 bridgehead atoms. The number of furan rings is 1. The van der Waals surface area contributed by atoms with E-state index < -0.39 is 5.60 Å². The van der Waals surface area contributed by atoms with Crippen LogP contribution in [0, 0.1) is 11.8 Å². The van der Waals surface area contributed by atoms with Crippen LogP contribution in [0.3, 0.4) is 0 Å². The van der Waals surface area contributed by atoms with Gasteiger partial charge >= 0.3 is 0 Å². The summed E-state index contributed by atoms with van der Waals surface area (Å²) in [6.07, 6.45) is 4.02. The molecule has 0 aromatic carbocycles. The van der Waals surface area contributed by atoms with Gasteiger partial charge in [-0.05, 0) is 38.3 Å². The molecular formula is C26H41N5O3. The molecule has 8 heteroatoms. The molecule has 0 saturated carbocycles. The molecule has 3 heterocycles. The zero-order chi connectivity index (χ0) is 25.1. The molecule has 2 atom stereocenters. The van der Waals surface area contributed by atoms with Crippen molar-refractivity contribution in [1.29, 1.82) is 0 Å². The van der Waals surface area contributed by atoms with Crippen LogP contribution in [0.4, 0.5) is 5.82 Å². The van der Waals surface area contributed by atoms with E-state index in [0.717, 1.165) is 18.7 Å². The molecule has 0 spiro atoms. The van der Waals surface area contributed by atoms with Crippen molar-refractivity contribution in [3.05, 3.63) is 41.7 Å². The van der Waals surface area contributed by atoms with Crippen molar-refractivity contribution in [2.45, 2.75) is 78.5 Å². The summed E-state index contributed by atoms with van der Waals surface area (Å²) in [5.41, 5.74) is -0.621. The Morgan fingerprint density at radius 2 is 2.03 bits per heavy atom. The minimum atomic E-state index is -0.814. The first-order valence-electron chi connectivity index (χ1n) is 12.2. The lowest BCUT2D eigenvalue weighted by Crippen LogP contribution is -2.55. The van der Waals surface area contributed by atoms with Crippen LogP contribution in [0.1, 0.15) is 76.8 Å². The number of hydrogen-bond donors (Lipinski definition) is 3. The van der Waals surface area contributed by atoms with E-state index in [9.17, 15) is 9.90 Å². The fourth-order valence-electron chi connectivity index (χ4n) is 4.26. The second-order valence-electron chi connectivity index (χ2n) is 11.4. The Labute approximate surface area is 203 Å². The van der Waals surface area contributed by atoms with Crippen molar-refractivity contribution in [2.75, 3.05) is 25.0 Å². The second-order valence-corrected chi connectivity index (χ2v) is 11.4. The van der Waals surface area contributed by atoms with E-state index in [1.165, 1.54) is 0 Å². The van der Waals surface area contributed by atoms with Crippen LogP contribution < -0.4 is 10.6 Å². The van der Waals surface area contributed by atoms with Crippen LogP contribution in [0.5, 0.6) is 0 Å². The number of nitrogens with one attached hydrogen (secondary N) is 2. The van der Waals surface area contributed by atoms with Crippen LogP contribution in [-0.2, 0) is 12.0 Å². The van der Waals surface area contributed by atoms with Gasteiger partial charge in [0.05, 0.1) is 18.4 Å². The van der Waals surface area contributed by atoms with Gasteiger partial charge in [-0.25, -0.2) is 9.97 Å². The predicted molar refractivity (Wildman–Crippen MR) is 134 cm³/mol. The molecule has 3 N–H and O–H groups in total. The van der Waals surface area contributed by atoms with Gasteiger partial charge in [0.25, 0.3) is 5.91 Å². The van der Waals surface area contributed by atoms with Crippen LogP contribution >= 0.6 is 0 Å². The van der Waals surface area contributed by atoms with Gasteiger partial charge in [0.15, 0.2) is 0 Å². The first-order valence-corrected chi connectivity index (χ1v) is 12.2. The van der Waals surface area contributed by atoms with Crippen LogP contribution in [0.25, 0.3) is 0 Å². The van der Waals surface area contributed by atoms with E-state index in [0.29, 0.717) is 42.8 Å². The monoisotopic (exact) mass is 471 g/mol. The normalized spacial score (nSPS) is 19.3. The molecule has 1 fully saturated rings. The Hall–Kier alpha value is -2.45. The highest BCUT2D eigenvalue weighted by Gasteiger charge is 2.37. The number of carbonyl (C=O) groups excluding carboxylic acids is 1. The van der Waals surface area contributed by atoms with Crippen molar-refractivity contribution in [3.63, 3.8) is 0 Å². The highest BCUT2D eigenvalue weighted by atomic mass is 16.3. The topological polar surface area (TPSA) is 104 Å². The Balaban J connectivity index is 1.94. The fraction of sp³-hybridized carbons (Fsp3) is 0.654. The van der Waals surface area contributed by atoms with Crippen LogP contribution in [-0.4, -0.2) is 57.2 Å². The van der Waals surface area contributed by atoms with Crippen molar-refractivity contribution in [1.82, 2.24) is 20.2 Å². The van der Waals surface area contributed by atoms with Crippen molar-refractivity contribution < 1.29 is 14.3 Å². The van der Waals surface area contributed by atoms with Crippen LogP contribution in [0.15, 0.2) is 29.0 Å². The Kier molecular flexibility index (Phi) is 8.03.